The summed E-state index contributed by atoms with van der Waals surface area (Å²) in [6.45, 7) is 1.62. The first-order chi connectivity index (χ1) is 8.29. The summed E-state index contributed by atoms with van der Waals surface area (Å²) in [7, 11) is 0. The Bertz CT molecular complexity index is 513. The minimum atomic E-state index is 0.270. The van der Waals surface area contributed by atoms with Gasteiger partial charge in [-0.15, -0.1) is 0 Å². The number of nitrogens with zero attached hydrogens (tertiary/aromatic N) is 4. The lowest BCUT2D eigenvalue weighted by molar-refractivity contribution is 0.592. The van der Waals surface area contributed by atoms with Crippen molar-refractivity contribution >= 4 is 28.1 Å². The molecule has 0 aliphatic rings. The quantitative estimate of drug-likeness (QED) is 0.845. The van der Waals surface area contributed by atoms with E-state index in [4.69, 9.17) is 16.9 Å². The molecule has 17 heavy (non-hydrogen) atoms. The average Bonchev–Trinajstić information content (AvgIpc) is 2.94. The van der Waals surface area contributed by atoms with E-state index in [1.165, 1.54) is 11.3 Å². The van der Waals surface area contributed by atoms with Crippen LogP contribution in [-0.2, 0) is 6.54 Å². The monoisotopic (exact) mass is 267 g/mol. The van der Waals surface area contributed by atoms with E-state index in [0.717, 1.165) is 19.5 Å². The molecule has 0 amide bonds. The molecule has 1 N–H and O–H groups in total. The largest absolute Gasteiger partial charge is 0.361 e. The molecule has 2 rings (SSSR count). The van der Waals surface area contributed by atoms with E-state index in [9.17, 15) is 0 Å². The minimum Gasteiger partial charge on any atom is -0.361 e. The van der Waals surface area contributed by atoms with Gasteiger partial charge in [-0.1, -0.05) is 22.9 Å². The summed E-state index contributed by atoms with van der Waals surface area (Å²) in [5.74, 6) is 0. The van der Waals surface area contributed by atoms with Gasteiger partial charge >= 0.3 is 0 Å². The van der Waals surface area contributed by atoms with Crippen molar-refractivity contribution in [2.24, 2.45) is 0 Å². The molecule has 2 aromatic rings. The molecule has 0 spiro atoms. The van der Waals surface area contributed by atoms with Gasteiger partial charge in [0.05, 0.1) is 0 Å². The number of nitrogens with one attached hydrogen (secondary N) is 1. The Morgan fingerprint density at radius 2 is 2.47 bits per heavy atom. The SMILES string of the molecule is N#Cc1sc(NCCCn2cccn2)nc1Cl. The lowest BCUT2D eigenvalue weighted by atomic mass is 10.4. The zero-order valence-electron chi connectivity index (χ0n) is 8.93. The highest BCUT2D eigenvalue weighted by Crippen LogP contribution is 2.25. The number of hydrogen-bond donors (Lipinski definition) is 1. The molecule has 2 heterocycles. The summed E-state index contributed by atoms with van der Waals surface area (Å²) in [6.07, 6.45) is 4.61. The summed E-state index contributed by atoms with van der Waals surface area (Å²) >= 11 is 7.03. The van der Waals surface area contributed by atoms with Crippen molar-refractivity contribution in [2.45, 2.75) is 13.0 Å². The lowest BCUT2D eigenvalue weighted by Gasteiger charge is -2.02. The van der Waals surface area contributed by atoms with Gasteiger partial charge in [-0.25, -0.2) is 4.98 Å². The van der Waals surface area contributed by atoms with Gasteiger partial charge in [0.2, 0.25) is 0 Å². The highest BCUT2D eigenvalue weighted by atomic mass is 35.5. The van der Waals surface area contributed by atoms with Crippen LogP contribution in [0.1, 0.15) is 11.3 Å². The van der Waals surface area contributed by atoms with E-state index in [0.29, 0.717) is 10.0 Å². The fraction of sp³-hybridized carbons (Fsp3) is 0.300. The van der Waals surface area contributed by atoms with Crippen LogP contribution >= 0.6 is 22.9 Å². The third-order valence-electron chi connectivity index (χ3n) is 2.09. The molecule has 0 atom stereocenters. The maximum atomic E-state index is 8.72. The third kappa shape index (κ3) is 3.19. The van der Waals surface area contributed by atoms with E-state index in [2.05, 4.69) is 15.4 Å². The first kappa shape index (κ1) is 11.9. The molecule has 88 valence electrons. The molecule has 7 heteroatoms. The minimum absolute atomic E-state index is 0.270. The van der Waals surface area contributed by atoms with Crippen LogP contribution in [0.15, 0.2) is 18.5 Å². The molecule has 0 saturated heterocycles. The van der Waals surface area contributed by atoms with E-state index < -0.39 is 0 Å². The van der Waals surface area contributed by atoms with Gasteiger partial charge in [0, 0.05) is 25.5 Å². The summed E-state index contributed by atoms with van der Waals surface area (Å²) < 4.78 is 1.87. The standard InChI is InChI=1S/C10H10ClN5S/c11-9-8(7-12)17-10(15-9)13-3-1-5-16-6-2-4-14-16/h2,4,6H,1,3,5H2,(H,13,15). The molecule has 0 fully saturated rings. The second-order valence-corrected chi connectivity index (χ2v) is 4.66. The van der Waals surface area contributed by atoms with Crippen molar-refractivity contribution in [1.29, 1.82) is 5.26 Å². The molecule has 0 radical (unpaired) electrons. The van der Waals surface area contributed by atoms with E-state index in [1.54, 1.807) is 6.20 Å². The zero-order chi connectivity index (χ0) is 12.1. The fourth-order valence-corrected chi connectivity index (χ4v) is 2.29. The van der Waals surface area contributed by atoms with Crippen molar-refractivity contribution < 1.29 is 0 Å². The molecule has 0 aliphatic carbocycles. The molecule has 0 bridgehead atoms. The summed E-state index contributed by atoms with van der Waals surface area (Å²) in [5.41, 5.74) is 0. The van der Waals surface area contributed by atoms with Crippen LogP contribution in [0.2, 0.25) is 5.15 Å². The molecule has 5 nitrogen and oxygen atoms in total. The second-order valence-electron chi connectivity index (χ2n) is 3.30. The fourth-order valence-electron chi connectivity index (χ4n) is 1.32. The van der Waals surface area contributed by atoms with Crippen molar-refractivity contribution in [1.82, 2.24) is 14.8 Å². The van der Waals surface area contributed by atoms with E-state index in [-0.39, 0.29) is 5.15 Å². The normalized spacial score (nSPS) is 10.1. The van der Waals surface area contributed by atoms with Crippen molar-refractivity contribution in [2.75, 3.05) is 11.9 Å². The van der Waals surface area contributed by atoms with Crippen LogP contribution in [-0.4, -0.2) is 21.3 Å². The van der Waals surface area contributed by atoms with Gasteiger partial charge in [0.25, 0.3) is 0 Å². The van der Waals surface area contributed by atoms with Crippen LogP contribution in [0.3, 0.4) is 0 Å². The van der Waals surface area contributed by atoms with Crippen molar-refractivity contribution in [3.63, 3.8) is 0 Å². The first-order valence-corrected chi connectivity index (χ1v) is 6.27. The predicted molar refractivity (Wildman–Crippen MR) is 67.2 cm³/mol. The van der Waals surface area contributed by atoms with Gasteiger partial charge in [0.15, 0.2) is 10.3 Å². The predicted octanol–water partition coefficient (Wildman–Crippen LogP) is 2.37. The number of aryl methyl sites for hydroxylation is 1. The lowest BCUT2D eigenvalue weighted by Crippen LogP contribution is -2.06. The number of hydrogen-bond acceptors (Lipinski definition) is 5. The molecule has 0 unspecified atom stereocenters. The number of anilines is 1. The Morgan fingerprint density at radius 3 is 3.12 bits per heavy atom. The van der Waals surface area contributed by atoms with Gasteiger partial charge in [-0.3, -0.25) is 4.68 Å². The van der Waals surface area contributed by atoms with Crippen LogP contribution in [0.5, 0.6) is 0 Å². The number of nitriles is 1. The van der Waals surface area contributed by atoms with Crippen LogP contribution < -0.4 is 5.32 Å². The highest BCUT2D eigenvalue weighted by molar-refractivity contribution is 7.16. The summed E-state index contributed by atoms with van der Waals surface area (Å²) in [5, 5.41) is 16.9. The Balaban J connectivity index is 1.76. The number of thiazole rings is 1. The number of aromatic nitrogens is 3. The Kier molecular flexibility index (Phi) is 3.96. The van der Waals surface area contributed by atoms with Crippen molar-refractivity contribution in [3.8, 4) is 6.07 Å². The molecule has 0 saturated carbocycles. The van der Waals surface area contributed by atoms with Crippen LogP contribution in [0, 0.1) is 11.3 Å². The second kappa shape index (κ2) is 5.66. The molecule has 0 aliphatic heterocycles. The highest BCUT2D eigenvalue weighted by Gasteiger charge is 2.07. The zero-order valence-corrected chi connectivity index (χ0v) is 10.5. The van der Waals surface area contributed by atoms with Crippen LogP contribution in [0.4, 0.5) is 5.13 Å². The van der Waals surface area contributed by atoms with Gasteiger partial charge < -0.3 is 5.32 Å². The Labute approximate surface area is 108 Å². The molecule has 2 aromatic heterocycles. The van der Waals surface area contributed by atoms with E-state index in [1.807, 2.05) is 23.0 Å². The first-order valence-electron chi connectivity index (χ1n) is 5.07. The molecular formula is C10H10ClN5S. The summed E-state index contributed by atoms with van der Waals surface area (Å²) in [6, 6.07) is 3.89. The van der Waals surface area contributed by atoms with Gasteiger partial charge in [-0.05, 0) is 12.5 Å². The maximum Gasteiger partial charge on any atom is 0.185 e. The van der Waals surface area contributed by atoms with E-state index >= 15 is 0 Å². The van der Waals surface area contributed by atoms with Gasteiger partial charge in [-0.2, -0.15) is 10.4 Å². The molecule has 0 aromatic carbocycles. The van der Waals surface area contributed by atoms with Crippen molar-refractivity contribution in [3.05, 3.63) is 28.5 Å². The average molecular weight is 268 g/mol. The topological polar surface area (TPSA) is 66.5 Å². The maximum absolute atomic E-state index is 8.72. The Hall–Kier alpha value is -1.58. The third-order valence-corrected chi connectivity index (χ3v) is 3.39. The van der Waals surface area contributed by atoms with Crippen LogP contribution in [0.25, 0.3) is 0 Å². The number of halogens is 1. The van der Waals surface area contributed by atoms with Gasteiger partial charge in [0.1, 0.15) is 10.9 Å². The number of rotatable bonds is 5. The molecular weight excluding hydrogens is 258 g/mol. The Morgan fingerprint density at radius 1 is 1.59 bits per heavy atom. The summed E-state index contributed by atoms with van der Waals surface area (Å²) in [4.78, 5) is 4.49. The smallest absolute Gasteiger partial charge is 0.185 e.